The second kappa shape index (κ2) is 8.90. The minimum Gasteiger partial charge on any atom is -0.497 e. The van der Waals surface area contributed by atoms with Crippen molar-refractivity contribution < 1.29 is 14.2 Å². The fraction of sp³-hybridized carbons (Fsp3) is 0.200. The van der Waals surface area contributed by atoms with Gasteiger partial charge in [-0.25, -0.2) is 4.98 Å². The number of ether oxygens (including phenoxy) is 1. The van der Waals surface area contributed by atoms with E-state index in [0.29, 0.717) is 51.6 Å². The van der Waals surface area contributed by atoms with Gasteiger partial charge in [0, 0.05) is 22.7 Å². The highest BCUT2D eigenvalue weighted by Crippen LogP contribution is 2.33. The maximum absolute atomic E-state index is 12.2. The van der Waals surface area contributed by atoms with Crippen LogP contribution in [0.5, 0.6) is 5.75 Å². The molecule has 2 aromatic carbocycles. The number of thiocarbonyl (C=S) groups is 1. The van der Waals surface area contributed by atoms with Gasteiger partial charge in [-0.05, 0) is 61.6 Å². The average Bonchev–Trinajstić information content (AvgIpc) is 3.00. The number of aromatic nitrogens is 2. The van der Waals surface area contributed by atoms with E-state index in [1.165, 1.54) is 0 Å². The predicted molar refractivity (Wildman–Crippen MR) is 114 cm³/mol. The number of imidazole rings is 1. The van der Waals surface area contributed by atoms with Crippen LogP contribution in [0.2, 0.25) is 10.0 Å². The van der Waals surface area contributed by atoms with E-state index in [2.05, 4.69) is 4.98 Å². The molecule has 0 aliphatic rings. The summed E-state index contributed by atoms with van der Waals surface area (Å²) in [5.74, 6) is 1.16. The Kier molecular flexibility index (Phi) is 6.54. The summed E-state index contributed by atoms with van der Waals surface area (Å²) in [7, 11) is 0. The van der Waals surface area contributed by atoms with E-state index in [4.69, 9.17) is 40.2 Å². The SMILES string of the molecule is Cc1c(C(O)=S)nc(-c2ccc(Cl)cc2Cl)n1-c1ccc(OCCCF)cc1. The van der Waals surface area contributed by atoms with Gasteiger partial charge in [0.2, 0.25) is 5.05 Å². The topological polar surface area (TPSA) is 47.3 Å². The van der Waals surface area contributed by atoms with Gasteiger partial charge in [0.15, 0.2) is 0 Å². The van der Waals surface area contributed by atoms with E-state index in [0.717, 1.165) is 5.69 Å². The molecule has 0 radical (unpaired) electrons. The zero-order valence-electron chi connectivity index (χ0n) is 15.0. The van der Waals surface area contributed by atoms with Gasteiger partial charge < -0.3 is 9.84 Å². The molecule has 0 atom stereocenters. The van der Waals surface area contributed by atoms with E-state index >= 15 is 0 Å². The number of nitrogens with zero attached hydrogens (tertiary/aromatic N) is 2. The zero-order valence-corrected chi connectivity index (χ0v) is 17.3. The Balaban J connectivity index is 2.08. The standard InChI is InChI=1S/C20H17Cl2FN2O2S/c1-12-18(20(26)28)24-19(16-8-3-13(21)11-17(16)22)25(12)14-4-6-15(7-5-14)27-10-2-9-23/h3-8,11H,2,9-10H2,1H3,(H,26,28). The molecule has 0 fully saturated rings. The molecule has 0 saturated heterocycles. The first kappa shape index (κ1) is 20.6. The third-order valence-electron chi connectivity index (χ3n) is 4.12. The summed E-state index contributed by atoms with van der Waals surface area (Å²) in [4.78, 5) is 4.50. The second-order valence-corrected chi connectivity index (χ2v) is 7.25. The number of benzene rings is 2. The van der Waals surface area contributed by atoms with Crippen molar-refractivity contribution in [3.63, 3.8) is 0 Å². The largest absolute Gasteiger partial charge is 0.497 e. The maximum atomic E-state index is 12.2. The van der Waals surface area contributed by atoms with Gasteiger partial charge in [0.25, 0.3) is 0 Å². The Morgan fingerprint density at radius 2 is 1.93 bits per heavy atom. The Morgan fingerprint density at radius 1 is 1.21 bits per heavy atom. The van der Waals surface area contributed by atoms with Crippen LogP contribution in [0, 0.1) is 6.92 Å². The molecule has 0 amide bonds. The fourth-order valence-electron chi connectivity index (χ4n) is 2.81. The molecule has 0 unspecified atom stereocenters. The van der Waals surface area contributed by atoms with Crippen molar-refractivity contribution in [3.05, 3.63) is 63.9 Å². The molecule has 0 saturated carbocycles. The predicted octanol–water partition coefficient (Wildman–Crippen LogP) is 6.13. The number of aliphatic hydroxyl groups excluding tert-OH is 1. The summed E-state index contributed by atoms with van der Waals surface area (Å²) >= 11 is 17.3. The van der Waals surface area contributed by atoms with Crippen LogP contribution in [-0.4, -0.2) is 33.0 Å². The second-order valence-electron chi connectivity index (χ2n) is 6.02. The van der Waals surface area contributed by atoms with Gasteiger partial charge in [-0.2, -0.15) is 0 Å². The third-order valence-corrected chi connectivity index (χ3v) is 4.87. The van der Waals surface area contributed by atoms with Crippen molar-refractivity contribution in [2.75, 3.05) is 13.3 Å². The van der Waals surface area contributed by atoms with Crippen molar-refractivity contribution in [1.82, 2.24) is 9.55 Å². The summed E-state index contributed by atoms with van der Waals surface area (Å²) in [6.45, 7) is 1.71. The van der Waals surface area contributed by atoms with E-state index < -0.39 is 6.67 Å². The van der Waals surface area contributed by atoms with Crippen molar-refractivity contribution in [1.29, 1.82) is 0 Å². The third kappa shape index (κ3) is 4.29. The Hall–Kier alpha value is -2.15. The number of rotatable bonds is 7. The molecule has 8 heteroatoms. The molecule has 146 valence electrons. The summed E-state index contributed by atoms with van der Waals surface area (Å²) < 4.78 is 19.6. The van der Waals surface area contributed by atoms with Crippen molar-refractivity contribution in [3.8, 4) is 22.8 Å². The molecule has 3 rings (SSSR count). The smallest absolute Gasteiger partial charge is 0.209 e. The first-order valence-electron chi connectivity index (χ1n) is 8.49. The lowest BCUT2D eigenvalue weighted by Gasteiger charge is -2.13. The average molecular weight is 439 g/mol. The van der Waals surface area contributed by atoms with E-state index in [1.54, 1.807) is 30.3 Å². The van der Waals surface area contributed by atoms with Crippen LogP contribution in [0.1, 0.15) is 17.8 Å². The quantitative estimate of drug-likeness (QED) is 0.356. The van der Waals surface area contributed by atoms with Crippen LogP contribution in [0.4, 0.5) is 4.39 Å². The molecule has 4 nitrogen and oxygen atoms in total. The minimum absolute atomic E-state index is 0.297. The van der Waals surface area contributed by atoms with Crippen molar-refractivity contribution >= 4 is 40.5 Å². The Morgan fingerprint density at radius 3 is 2.54 bits per heavy atom. The molecular formula is C20H17Cl2FN2O2S. The van der Waals surface area contributed by atoms with Crippen LogP contribution in [-0.2, 0) is 0 Å². The summed E-state index contributed by atoms with van der Waals surface area (Å²) in [5, 5.41) is 10.5. The monoisotopic (exact) mass is 438 g/mol. The van der Waals surface area contributed by atoms with E-state index in [1.807, 2.05) is 23.6 Å². The van der Waals surface area contributed by atoms with E-state index in [9.17, 15) is 9.50 Å². The van der Waals surface area contributed by atoms with Crippen LogP contribution < -0.4 is 4.74 Å². The van der Waals surface area contributed by atoms with Crippen molar-refractivity contribution in [2.24, 2.45) is 0 Å². The lowest BCUT2D eigenvalue weighted by atomic mass is 10.2. The maximum Gasteiger partial charge on any atom is 0.209 e. The summed E-state index contributed by atoms with van der Waals surface area (Å²) in [6, 6.07) is 12.4. The Labute approximate surface area is 177 Å². The van der Waals surface area contributed by atoms with Gasteiger partial charge in [-0.15, -0.1) is 0 Å². The zero-order chi connectivity index (χ0) is 20.3. The molecule has 0 aliphatic carbocycles. The van der Waals surface area contributed by atoms with Gasteiger partial charge in [-0.1, -0.05) is 23.2 Å². The number of hydrogen-bond donors (Lipinski definition) is 1. The molecular weight excluding hydrogens is 422 g/mol. The van der Waals surface area contributed by atoms with Gasteiger partial charge in [-0.3, -0.25) is 8.96 Å². The van der Waals surface area contributed by atoms with E-state index in [-0.39, 0.29) is 5.05 Å². The lowest BCUT2D eigenvalue weighted by Crippen LogP contribution is -2.03. The van der Waals surface area contributed by atoms with Gasteiger partial charge >= 0.3 is 0 Å². The molecule has 0 spiro atoms. The van der Waals surface area contributed by atoms with Crippen LogP contribution in [0.25, 0.3) is 17.1 Å². The lowest BCUT2D eigenvalue weighted by molar-refractivity contribution is 0.289. The molecule has 3 aromatic rings. The number of alkyl halides is 1. The highest BCUT2D eigenvalue weighted by Gasteiger charge is 2.21. The number of aliphatic hydroxyl groups is 1. The number of halogens is 3. The van der Waals surface area contributed by atoms with Gasteiger partial charge in [0.05, 0.1) is 24.0 Å². The normalized spacial score (nSPS) is 10.9. The highest BCUT2D eigenvalue weighted by molar-refractivity contribution is 7.80. The highest BCUT2D eigenvalue weighted by atomic mass is 35.5. The van der Waals surface area contributed by atoms with Crippen molar-refractivity contribution in [2.45, 2.75) is 13.3 Å². The number of hydrogen-bond acceptors (Lipinski definition) is 3. The molecule has 0 bridgehead atoms. The Bertz CT molecular complexity index is 1010. The molecule has 0 aliphatic heterocycles. The molecule has 28 heavy (non-hydrogen) atoms. The molecule has 1 aromatic heterocycles. The van der Waals surface area contributed by atoms with Crippen LogP contribution in [0.15, 0.2) is 42.5 Å². The first-order chi connectivity index (χ1) is 13.4. The summed E-state index contributed by atoms with van der Waals surface area (Å²) in [5.41, 5.74) is 2.41. The van der Waals surface area contributed by atoms with Crippen LogP contribution in [0.3, 0.4) is 0 Å². The fourth-order valence-corrected chi connectivity index (χ4v) is 3.49. The minimum atomic E-state index is -0.415. The van der Waals surface area contributed by atoms with Crippen LogP contribution >= 0.6 is 35.4 Å². The first-order valence-corrected chi connectivity index (χ1v) is 9.66. The molecule has 1 N–H and O–H groups in total. The molecule has 1 heterocycles. The van der Waals surface area contributed by atoms with Gasteiger partial charge in [0.1, 0.15) is 17.3 Å². The summed E-state index contributed by atoms with van der Waals surface area (Å²) in [6.07, 6.45) is 0.346.